The lowest BCUT2D eigenvalue weighted by Crippen LogP contribution is -2.32. The van der Waals surface area contributed by atoms with Gasteiger partial charge in [0.15, 0.2) is 11.5 Å². The van der Waals surface area contributed by atoms with E-state index in [1.807, 2.05) is 6.92 Å². The first kappa shape index (κ1) is 19.8. The SMILES string of the molecule is CCOc1ccccc1NC(=O)C(=O)N/N=C\c1cccc(OC)c1OC. The lowest BCUT2D eigenvalue weighted by Gasteiger charge is -2.10. The molecule has 0 bridgehead atoms. The van der Waals surface area contributed by atoms with Crippen LogP contribution in [-0.2, 0) is 9.59 Å². The van der Waals surface area contributed by atoms with Gasteiger partial charge in [0, 0.05) is 5.56 Å². The maximum Gasteiger partial charge on any atom is 0.329 e. The number of hydrogen-bond donors (Lipinski definition) is 2. The normalized spacial score (nSPS) is 10.3. The van der Waals surface area contributed by atoms with Crippen LogP contribution in [0.2, 0.25) is 0 Å². The Balaban J connectivity index is 2.02. The van der Waals surface area contributed by atoms with Gasteiger partial charge in [-0.2, -0.15) is 5.10 Å². The summed E-state index contributed by atoms with van der Waals surface area (Å²) in [6, 6.07) is 12.1. The number of rotatable bonds is 7. The number of amides is 2. The summed E-state index contributed by atoms with van der Waals surface area (Å²) >= 11 is 0. The molecule has 0 radical (unpaired) electrons. The summed E-state index contributed by atoms with van der Waals surface area (Å²) in [6.07, 6.45) is 1.36. The molecule has 0 aliphatic heterocycles. The highest BCUT2D eigenvalue weighted by Crippen LogP contribution is 2.29. The number of para-hydroxylation sites is 3. The number of nitrogens with one attached hydrogen (secondary N) is 2. The molecule has 2 rings (SSSR count). The highest BCUT2D eigenvalue weighted by atomic mass is 16.5. The molecule has 8 nitrogen and oxygen atoms in total. The molecule has 142 valence electrons. The molecule has 2 amide bonds. The molecule has 2 aromatic rings. The van der Waals surface area contributed by atoms with Crippen molar-refractivity contribution in [2.75, 3.05) is 26.1 Å². The third-order valence-corrected chi connectivity index (χ3v) is 3.44. The van der Waals surface area contributed by atoms with Gasteiger partial charge in [-0.3, -0.25) is 9.59 Å². The van der Waals surface area contributed by atoms with E-state index in [-0.39, 0.29) is 0 Å². The van der Waals surface area contributed by atoms with E-state index in [1.54, 1.807) is 42.5 Å². The molecule has 27 heavy (non-hydrogen) atoms. The van der Waals surface area contributed by atoms with E-state index >= 15 is 0 Å². The van der Waals surface area contributed by atoms with Crippen LogP contribution in [0.25, 0.3) is 0 Å². The molecule has 0 saturated carbocycles. The number of carbonyl (C=O) groups excluding carboxylic acids is 2. The second-order valence-electron chi connectivity index (χ2n) is 5.17. The van der Waals surface area contributed by atoms with Crippen molar-refractivity contribution in [3.63, 3.8) is 0 Å². The Morgan fingerprint density at radius 2 is 1.74 bits per heavy atom. The van der Waals surface area contributed by atoms with Crippen molar-refractivity contribution < 1.29 is 23.8 Å². The smallest absolute Gasteiger partial charge is 0.329 e. The molecule has 0 fully saturated rings. The van der Waals surface area contributed by atoms with Crippen molar-refractivity contribution >= 4 is 23.7 Å². The summed E-state index contributed by atoms with van der Waals surface area (Å²) in [5, 5.41) is 6.28. The summed E-state index contributed by atoms with van der Waals surface area (Å²) in [5.41, 5.74) is 3.16. The number of carbonyl (C=O) groups is 2. The minimum Gasteiger partial charge on any atom is -0.493 e. The third-order valence-electron chi connectivity index (χ3n) is 3.44. The Hall–Kier alpha value is -3.55. The second kappa shape index (κ2) is 9.81. The second-order valence-corrected chi connectivity index (χ2v) is 5.17. The van der Waals surface area contributed by atoms with Crippen LogP contribution in [0, 0.1) is 0 Å². The zero-order chi connectivity index (χ0) is 19.6. The van der Waals surface area contributed by atoms with Gasteiger partial charge >= 0.3 is 11.8 Å². The Morgan fingerprint density at radius 1 is 1.00 bits per heavy atom. The van der Waals surface area contributed by atoms with E-state index in [2.05, 4.69) is 15.8 Å². The van der Waals surface area contributed by atoms with Gasteiger partial charge < -0.3 is 19.5 Å². The Labute approximate surface area is 157 Å². The fraction of sp³-hybridized carbons (Fsp3) is 0.211. The quantitative estimate of drug-likeness (QED) is 0.442. The van der Waals surface area contributed by atoms with Crippen LogP contribution in [0.15, 0.2) is 47.6 Å². The maximum absolute atomic E-state index is 12.0. The average Bonchev–Trinajstić information content (AvgIpc) is 2.69. The van der Waals surface area contributed by atoms with Crippen LogP contribution in [-0.4, -0.2) is 38.9 Å². The van der Waals surface area contributed by atoms with Gasteiger partial charge in [-0.15, -0.1) is 0 Å². The van der Waals surface area contributed by atoms with Crippen molar-refractivity contribution in [3.8, 4) is 17.2 Å². The van der Waals surface area contributed by atoms with Crippen LogP contribution in [0.4, 0.5) is 5.69 Å². The van der Waals surface area contributed by atoms with Crippen molar-refractivity contribution in [3.05, 3.63) is 48.0 Å². The van der Waals surface area contributed by atoms with E-state index in [0.29, 0.717) is 35.1 Å². The molecule has 0 aliphatic carbocycles. The molecule has 0 atom stereocenters. The van der Waals surface area contributed by atoms with Crippen molar-refractivity contribution in [2.24, 2.45) is 5.10 Å². The number of methoxy groups -OCH3 is 2. The molecule has 0 saturated heterocycles. The summed E-state index contributed by atoms with van der Waals surface area (Å²) in [7, 11) is 3.02. The first-order valence-corrected chi connectivity index (χ1v) is 8.17. The lowest BCUT2D eigenvalue weighted by molar-refractivity contribution is -0.136. The number of hydrazone groups is 1. The average molecular weight is 371 g/mol. The highest BCUT2D eigenvalue weighted by molar-refractivity contribution is 6.39. The van der Waals surface area contributed by atoms with E-state index in [1.165, 1.54) is 20.4 Å². The fourth-order valence-corrected chi connectivity index (χ4v) is 2.26. The van der Waals surface area contributed by atoms with E-state index in [9.17, 15) is 9.59 Å². The first-order valence-electron chi connectivity index (χ1n) is 8.17. The molecular formula is C19H21N3O5. The zero-order valence-electron chi connectivity index (χ0n) is 15.3. The zero-order valence-corrected chi connectivity index (χ0v) is 15.3. The molecule has 8 heteroatoms. The van der Waals surface area contributed by atoms with Crippen LogP contribution in [0.1, 0.15) is 12.5 Å². The monoisotopic (exact) mass is 371 g/mol. The molecule has 0 heterocycles. The standard InChI is InChI=1S/C19H21N3O5/c1-4-27-15-10-6-5-9-14(15)21-18(23)19(24)22-20-12-13-8-7-11-16(25-2)17(13)26-3/h5-12H,4H2,1-3H3,(H,21,23)(H,22,24)/b20-12-. The van der Waals surface area contributed by atoms with Crippen LogP contribution < -0.4 is 25.0 Å². The van der Waals surface area contributed by atoms with Crippen LogP contribution >= 0.6 is 0 Å². The molecular weight excluding hydrogens is 350 g/mol. The Morgan fingerprint density at radius 3 is 2.44 bits per heavy atom. The maximum atomic E-state index is 12.0. The summed E-state index contributed by atoms with van der Waals surface area (Å²) < 4.78 is 15.9. The van der Waals surface area contributed by atoms with Gasteiger partial charge in [-0.25, -0.2) is 5.43 Å². The van der Waals surface area contributed by atoms with Crippen LogP contribution in [0.3, 0.4) is 0 Å². The number of ether oxygens (including phenoxy) is 3. The first-order chi connectivity index (χ1) is 13.1. The van der Waals surface area contributed by atoms with Gasteiger partial charge in [0.2, 0.25) is 0 Å². The summed E-state index contributed by atoms with van der Waals surface area (Å²) in [4.78, 5) is 24.0. The van der Waals surface area contributed by atoms with Gasteiger partial charge in [0.05, 0.1) is 32.7 Å². The predicted molar refractivity (Wildman–Crippen MR) is 102 cm³/mol. The predicted octanol–water partition coefficient (Wildman–Crippen LogP) is 2.19. The Bertz CT molecular complexity index is 836. The molecule has 2 N–H and O–H groups in total. The third kappa shape index (κ3) is 5.21. The van der Waals surface area contributed by atoms with Gasteiger partial charge in [0.1, 0.15) is 5.75 Å². The number of anilines is 1. The van der Waals surface area contributed by atoms with Crippen LogP contribution in [0.5, 0.6) is 17.2 Å². The minimum absolute atomic E-state index is 0.401. The fourth-order valence-electron chi connectivity index (χ4n) is 2.26. The van der Waals surface area contributed by atoms with Crippen molar-refractivity contribution in [1.82, 2.24) is 5.43 Å². The summed E-state index contributed by atoms with van der Waals surface area (Å²) in [5.74, 6) is -0.312. The van der Waals surface area contributed by atoms with E-state index in [4.69, 9.17) is 14.2 Å². The minimum atomic E-state index is -0.917. The largest absolute Gasteiger partial charge is 0.493 e. The summed E-state index contributed by atoms with van der Waals surface area (Å²) in [6.45, 7) is 2.26. The van der Waals surface area contributed by atoms with E-state index in [0.717, 1.165) is 0 Å². The molecule has 0 aliphatic rings. The molecule has 2 aromatic carbocycles. The molecule has 0 spiro atoms. The number of hydrogen-bond acceptors (Lipinski definition) is 6. The van der Waals surface area contributed by atoms with Gasteiger partial charge in [-0.05, 0) is 31.2 Å². The van der Waals surface area contributed by atoms with Crippen molar-refractivity contribution in [2.45, 2.75) is 6.92 Å². The number of nitrogens with zero attached hydrogens (tertiary/aromatic N) is 1. The molecule has 0 unspecified atom stereocenters. The Kier molecular flexibility index (Phi) is 7.18. The lowest BCUT2D eigenvalue weighted by atomic mass is 10.2. The van der Waals surface area contributed by atoms with Crippen molar-refractivity contribution in [1.29, 1.82) is 0 Å². The molecule has 0 aromatic heterocycles. The number of benzene rings is 2. The van der Waals surface area contributed by atoms with E-state index < -0.39 is 11.8 Å². The van der Waals surface area contributed by atoms with Gasteiger partial charge in [0.25, 0.3) is 0 Å². The highest BCUT2D eigenvalue weighted by Gasteiger charge is 2.15. The van der Waals surface area contributed by atoms with Gasteiger partial charge in [-0.1, -0.05) is 18.2 Å². The topological polar surface area (TPSA) is 98.2 Å².